The quantitative estimate of drug-likeness (QED) is 0.174. The van der Waals surface area contributed by atoms with E-state index in [2.05, 4.69) is 150 Å². The van der Waals surface area contributed by atoms with Crippen molar-refractivity contribution in [2.45, 2.75) is 0 Å². The molecule has 0 atom stereocenters. The summed E-state index contributed by atoms with van der Waals surface area (Å²) in [6, 6.07) is 57.1. The van der Waals surface area contributed by atoms with Crippen LogP contribution in [-0.2, 0) is 0 Å². The number of thiophene rings is 1. The van der Waals surface area contributed by atoms with E-state index < -0.39 is 0 Å². The summed E-state index contributed by atoms with van der Waals surface area (Å²) in [5.74, 6) is 1.74. The Morgan fingerprint density at radius 1 is 0.385 bits per heavy atom. The van der Waals surface area contributed by atoms with Gasteiger partial charge in [0.15, 0.2) is 11.6 Å². The third kappa shape index (κ3) is 4.35. The molecule has 0 fully saturated rings. The molecule has 52 heavy (non-hydrogen) atoms. The molecule has 0 bridgehead atoms. The second-order valence-electron chi connectivity index (χ2n) is 13.0. The molecule has 0 radical (unpaired) electrons. The fourth-order valence-corrected chi connectivity index (χ4v) is 8.88. The van der Waals surface area contributed by atoms with Crippen LogP contribution in [0, 0.1) is 0 Å². The van der Waals surface area contributed by atoms with E-state index in [1.54, 1.807) is 0 Å². The van der Waals surface area contributed by atoms with Crippen LogP contribution in [0.1, 0.15) is 0 Å². The summed E-state index contributed by atoms with van der Waals surface area (Å²) < 4.78 is 4.69. The number of pyridine rings is 1. The highest BCUT2D eigenvalue weighted by Crippen LogP contribution is 2.44. The number of para-hydroxylation sites is 3. The predicted molar refractivity (Wildman–Crippen MR) is 216 cm³/mol. The number of nitrogens with zero attached hydrogens (tertiary/aromatic N) is 5. The monoisotopic (exact) mass is 681 g/mol. The van der Waals surface area contributed by atoms with Gasteiger partial charge < -0.3 is 0 Å². The number of aromatic nitrogens is 5. The Balaban J connectivity index is 1.27. The highest BCUT2D eigenvalue weighted by molar-refractivity contribution is 7.26. The van der Waals surface area contributed by atoms with Gasteiger partial charge in [0.25, 0.3) is 0 Å². The molecule has 0 amide bonds. The van der Waals surface area contributed by atoms with Crippen LogP contribution in [0.25, 0.3) is 104 Å². The fraction of sp³-hybridized carbons (Fsp3) is 0. The number of benzene rings is 7. The van der Waals surface area contributed by atoms with E-state index in [0.717, 1.165) is 60.5 Å². The minimum atomic E-state index is 0.563. The summed E-state index contributed by atoms with van der Waals surface area (Å²) in [5.41, 5.74) is 6.72. The Hall–Kier alpha value is -6.76. The number of hydrogen-bond acceptors (Lipinski definition) is 5. The first-order valence-electron chi connectivity index (χ1n) is 17.3. The maximum Gasteiger partial charge on any atom is 0.238 e. The lowest BCUT2D eigenvalue weighted by atomic mass is 9.95. The molecule has 0 aliphatic rings. The van der Waals surface area contributed by atoms with Crippen molar-refractivity contribution >= 4 is 75.0 Å². The topological polar surface area (TPSA) is 56.5 Å². The molecule has 0 spiro atoms. The Morgan fingerprint density at radius 2 is 1.00 bits per heavy atom. The highest BCUT2D eigenvalue weighted by Gasteiger charge is 2.22. The molecule has 0 aliphatic carbocycles. The Bertz CT molecular complexity index is 3130. The van der Waals surface area contributed by atoms with Crippen molar-refractivity contribution in [3.05, 3.63) is 164 Å². The van der Waals surface area contributed by atoms with E-state index in [9.17, 15) is 0 Å². The van der Waals surface area contributed by atoms with E-state index in [1.807, 2.05) is 29.5 Å². The van der Waals surface area contributed by atoms with Gasteiger partial charge in [-0.1, -0.05) is 133 Å². The Labute approximate surface area is 302 Å². The minimum absolute atomic E-state index is 0.563. The standard InChI is InChI=1S/C46H27N5S/c1-3-14-28(15-4-1)42-34-26-27-39-41(32-20-9-12-25-38(32)52-39)40(34)33-21-13-22-35(43(33)47-42)45-48-44(29-16-5-2-6-17-29)49-46(50-45)51-36-23-10-7-18-30(36)31-19-8-11-24-37(31)51/h1-27H. The molecule has 11 rings (SSSR count). The molecule has 0 saturated carbocycles. The van der Waals surface area contributed by atoms with Crippen molar-refractivity contribution in [1.82, 2.24) is 24.5 Å². The van der Waals surface area contributed by atoms with Gasteiger partial charge in [-0.25, -0.2) is 9.97 Å². The summed E-state index contributed by atoms with van der Waals surface area (Å²) in [4.78, 5) is 21.2. The summed E-state index contributed by atoms with van der Waals surface area (Å²) >= 11 is 1.83. The van der Waals surface area contributed by atoms with Crippen LogP contribution in [0.3, 0.4) is 0 Å². The molecule has 4 aromatic heterocycles. The van der Waals surface area contributed by atoms with Crippen LogP contribution in [0.4, 0.5) is 0 Å². The molecule has 0 unspecified atom stereocenters. The molecule has 242 valence electrons. The second-order valence-corrected chi connectivity index (χ2v) is 14.1. The lowest BCUT2D eigenvalue weighted by molar-refractivity contribution is 0.954. The third-order valence-electron chi connectivity index (χ3n) is 10.1. The first kappa shape index (κ1) is 29.0. The zero-order chi connectivity index (χ0) is 34.2. The fourth-order valence-electron chi connectivity index (χ4n) is 7.77. The Morgan fingerprint density at radius 3 is 1.75 bits per heavy atom. The molecule has 0 N–H and O–H groups in total. The maximum absolute atomic E-state index is 5.51. The van der Waals surface area contributed by atoms with Crippen molar-refractivity contribution in [2.75, 3.05) is 0 Å². The van der Waals surface area contributed by atoms with Gasteiger partial charge in [0, 0.05) is 63.8 Å². The van der Waals surface area contributed by atoms with Crippen LogP contribution in [0.2, 0.25) is 0 Å². The van der Waals surface area contributed by atoms with Gasteiger partial charge in [-0.05, 0) is 30.3 Å². The van der Waals surface area contributed by atoms with Gasteiger partial charge in [0.2, 0.25) is 5.95 Å². The normalized spacial score (nSPS) is 11.8. The van der Waals surface area contributed by atoms with Crippen molar-refractivity contribution < 1.29 is 0 Å². The molecular weight excluding hydrogens is 655 g/mol. The average molecular weight is 682 g/mol. The van der Waals surface area contributed by atoms with E-state index in [-0.39, 0.29) is 0 Å². The van der Waals surface area contributed by atoms with Crippen LogP contribution in [-0.4, -0.2) is 24.5 Å². The van der Waals surface area contributed by atoms with Crippen molar-refractivity contribution in [2.24, 2.45) is 0 Å². The highest BCUT2D eigenvalue weighted by atomic mass is 32.1. The lowest BCUT2D eigenvalue weighted by Crippen LogP contribution is -2.06. The summed E-state index contributed by atoms with van der Waals surface area (Å²) in [7, 11) is 0. The van der Waals surface area contributed by atoms with Crippen LogP contribution in [0.5, 0.6) is 0 Å². The van der Waals surface area contributed by atoms with Crippen LogP contribution >= 0.6 is 11.3 Å². The van der Waals surface area contributed by atoms with Crippen molar-refractivity contribution in [3.63, 3.8) is 0 Å². The smallest absolute Gasteiger partial charge is 0.238 e. The molecule has 7 aromatic carbocycles. The van der Waals surface area contributed by atoms with Crippen LogP contribution in [0.15, 0.2) is 164 Å². The number of hydrogen-bond donors (Lipinski definition) is 0. The lowest BCUT2D eigenvalue weighted by Gasteiger charge is -2.15. The van der Waals surface area contributed by atoms with Crippen molar-refractivity contribution in [3.8, 4) is 40.0 Å². The van der Waals surface area contributed by atoms with Gasteiger partial charge in [-0.3, -0.25) is 4.57 Å². The second kappa shape index (κ2) is 11.4. The van der Waals surface area contributed by atoms with Crippen LogP contribution < -0.4 is 0 Å². The van der Waals surface area contributed by atoms with E-state index >= 15 is 0 Å². The van der Waals surface area contributed by atoms with Gasteiger partial charge in [0.1, 0.15) is 0 Å². The molecule has 5 nitrogen and oxygen atoms in total. The maximum atomic E-state index is 5.51. The van der Waals surface area contributed by atoms with E-state index in [4.69, 9.17) is 19.9 Å². The molecule has 0 saturated heterocycles. The van der Waals surface area contributed by atoms with Gasteiger partial charge in [0.05, 0.1) is 22.2 Å². The third-order valence-corrected chi connectivity index (χ3v) is 11.2. The van der Waals surface area contributed by atoms with Crippen molar-refractivity contribution in [1.29, 1.82) is 0 Å². The molecule has 6 heteroatoms. The first-order chi connectivity index (χ1) is 25.8. The SMILES string of the molecule is c1ccc(-c2nc(-c3cccc4c3nc(-c3ccccc3)c3ccc5sc6ccccc6c5c34)nc(-n3c4ccccc4c4ccccc43)n2)cc1. The number of fused-ring (bicyclic) bond motifs is 10. The largest absolute Gasteiger partial charge is 0.278 e. The predicted octanol–water partition coefficient (Wildman–Crippen LogP) is 12.0. The molecule has 11 aromatic rings. The molecule has 4 heterocycles. The number of rotatable bonds is 4. The first-order valence-corrected chi connectivity index (χ1v) is 18.1. The average Bonchev–Trinajstić information content (AvgIpc) is 3.77. The molecular formula is C46H27N5S. The van der Waals surface area contributed by atoms with Gasteiger partial charge >= 0.3 is 0 Å². The molecule has 0 aliphatic heterocycles. The van der Waals surface area contributed by atoms with Gasteiger partial charge in [-0.15, -0.1) is 11.3 Å². The van der Waals surface area contributed by atoms with Gasteiger partial charge in [-0.2, -0.15) is 9.97 Å². The Kier molecular flexibility index (Phi) is 6.35. The summed E-state index contributed by atoms with van der Waals surface area (Å²) in [5, 5.41) is 8.20. The minimum Gasteiger partial charge on any atom is -0.278 e. The van der Waals surface area contributed by atoms with E-state index in [0.29, 0.717) is 17.6 Å². The summed E-state index contributed by atoms with van der Waals surface area (Å²) in [6.45, 7) is 0. The zero-order valence-electron chi connectivity index (χ0n) is 27.7. The summed E-state index contributed by atoms with van der Waals surface area (Å²) in [6.07, 6.45) is 0. The zero-order valence-corrected chi connectivity index (χ0v) is 28.5. The van der Waals surface area contributed by atoms with E-state index in [1.165, 1.54) is 25.6 Å².